The van der Waals surface area contributed by atoms with E-state index in [2.05, 4.69) is 12.1 Å². The zero-order valence-electron chi connectivity index (χ0n) is 11.3. The van der Waals surface area contributed by atoms with E-state index in [0.717, 1.165) is 12.8 Å². The molecule has 2 aromatic carbocycles. The average Bonchev–Trinajstić information content (AvgIpc) is 2.90. The van der Waals surface area contributed by atoms with Gasteiger partial charge in [0.2, 0.25) is 0 Å². The maximum atomic E-state index is 14.2. The van der Waals surface area contributed by atoms with Gasteiger partial charge in [0.1, 0.15) is 0 Å². The summed E-state index contributed by atoms with van der Waals surface area (Å²) in [6.45, 7) is 0. The molecule has 0 saturated heterocycles. The smallest absolute Gasteiger partial charge is 0.170 e. The molecule has 1 atom stereocenters. The fourth-order valence-electron chi connectivity index (χ4n) is 2.98. The van der Waals surface area contributed by atoms with Crippen molar-refractivity contribution >= 4 is 0 Å². The Morgan fingerprint density at radius 3 is 2.35 bits per heavy atom. The lowest BCUT2D eigenvalue weighted by Crippen LogP contribution is -2.14. The van der Waals surface area contributed by atoms with Crippen molar-refractivity contribution in [1.29, 1.82) is 0 Å². The van der Waals surface area contributed by atoms with Crippen LogP contribution in [0, 0.1) is 11.7 Å². The van der Waals surface area contributed by atoms with Gasteiger partial charge in [0, 0.05) is 5.56 Å². The third kappa shape index (κ3) is 2.18. The van der Waals surface area contributed by atoms with Crippen molar-refractivity contribution in [3.63, 3.8) is 0 Å². The number of fused-ring (bicyclic) bond motifs is 1. The lowest BCUT2D eigenvalue weighted by molar-refractivity contribution is 0.109. The van der Waals surface area contributed by atoms with Crippen LogP contribution in [-0.4, -0.2) is 12.2 Å². The third-order valence-corrected chi connectivity index (χ3v) is 4.06. The minimum Gasteiger partial charge on any atom is -0.494 e. The van der Waals surface area contributed by atoms with Crippen molar-refractivity contribution in [2.45, 2.75) is 18.9 Å². The van der Waals surface area contributed by atoms with Crippen LogP contribution in [0.25, 0.3) is 0 Å². The lowest BCUT2D eigenvalue weighted by Gasteiger charge is -2.19. The molecule has 1 N–H and O–H groups in total. The quantitative estimate of drug-likeness (QED) is 0.929. The van der Waals surface area contributed by atoms with E-state index in [1.807, 2.05) is 12.1 Å². The summed E-state index contributed by atoms with van der Waals surface area (Å²) in [6, 6.07) is 13.1. The van der Waals surface area contributed by atoms with Crippen LogP contribution in [0.1, 0.15) is 22.8 Å². The highest BCUT2D eigenvalue weighted by atomic mass is 19.1. The van der Waals surface area contributed by atoms with Gasteiger partial charge in [-0.25, -0.2) is 4.39 Å². The van der Waals surface area contributed by atoms with Crippen molar-refractivity contribution in [1.82, 2.24) is 0 Å². The summed E-state index contributed by atoms with van der Waals surface area (Å²) >= 11 is 0. The molecular formula is C17H17FO2. The SMILES string of the molecule is COc1cccc(C(O)C2Cc3ccccc3C2)c1F. The molecule has 0 spiro atoms. The van der Waals surface area contributed by atoms with Crippen molar-refractivity contribution in [3.8, 4) is 5.75 Å². The van der Waals surface area contributed by atoms with Gasteiger partial charge in [-0.1, -0.05) is 36.4 Å². The van der Waals surface area contributed by atoms with Crippen molar-refractivity contribution in [2.75, 3.05) is 7.11 Å². The van der Waals surface area contributed by atoms with E-state index in [9.17, 15) is 9.50 Å². The van der Waals surface area contributed by atoms with Crippen LogP contribution in [-0.2, 0) is 12.8 Å². The Morgan fingerprint density at radius 2 is 1.75 bits per heavy atom. The third-order valence-electron chi connectivity index (χ3n) is 4.06. The molecule has 0 radical (unpaired) electrons. The predicted octanol–water partition coefficient (Wildman–Crippen LogP) is 3.28. The van der Waals surface area contributed by atoms with Gasteiger partial charge in [-0.05, 0) is 36.0 Å². The number of benzene rings is 2. The van der Waals surface area contributed by atoms with Crippen molar-refractivity contribution in [2.24, 2.45) is 5.92 Å². The molecule has 0 aromatic heterocycles. The lowest BCUT2D eigenvalue weighted by atomic mass is 9.92. The second kappa shape index (κ2) is 5.25. The van der Waals surface area contributed by atoms with Gasteiger partial charge >= 0.3 is 0 Å². The summed E-state index contributed by atoms with van der Waals surface area (Å²) in [7, 11) is 1.43. The molecule has 0 aliphatic heterocycles. The van der Waals surface area contributed by atoms with E-state index in [1.54, 1.807) is 18.2 Å². The monoisotopic (exact) mass is 272 g/mol. The number of rotatable bonds is 3. The molecule has 0 fully saturated rings. The molecule has 0 heterocycles. The number of ether oxygens (including phenoxy) is 1. The van der Waals surface area contributed by atoms with Gasteiger partial charge in [0.25, 0.3) is 0 Å². The molecule has 104 valence electrons. The molecule has 1 aliphatic rings. The van der Waals surface area contributed by atoms with E-state index in [4.69, 9.17) is 4.74 Å². The number of halogens is 1. The van der Waals surface area contributed by atoms with Gasteiger partial charge in [-0.3, -0.25) is 0 Å². The zero-order chi connectivity index (χ0) is 14.1. The van der Waals surface area contributed by atoms with Crippen LogP contribution < -0.4 is 4.74 Å². The molecule has 3 heteroatoms. The number of aliphatic hydroxyl groups excluding tert-OH is 1. The van der Waals surface area contributed by atoms with Crippen LogP contribution in [0.15, 0.2) is 42.5 Å². The van der Waals surface area contributed by atoms with Crippen LogP contribution >= 0.6 is 0 Å². The molecule has 1 unspecified atom stereocenters. The number of aliphatic hydroxyl groups is 1. The van der Waals surface area contributed by atoms with E-state index in [0.29, 0.717) is 5.56 Å². The first kappa shape index (κ1) is 13.1. The first-order chi connectivity index (χ1) is 9.70. The van der Waals surface area contributed by atoms with Gasteiger partial charge < -0.3 is 9.84 Å². The largest absolute Gasteiger partial charge is 0.494 e. The Kier molecular flexibility index (Phi) is 3.45. The normalized spacial score (nSPS) is 15.9. The van der Waals surface area contributed by atoms with Gasteiger partial charge in [0.15, 0.2) is 11.6 Å². The van der Waals surface area contributed by atoms with E-state index < -0.39 is 11.9 Å². The van der Waals surface area contributed by atoms with Gasteiger partial charge in [-0.15, -0.1) is 0 Å². The maximum Gasteiger partial charge on any atom is 0.170 e. The van der Waals surface area contributed by atoms with E-state index in [1.165, 1.54) is 18.2 Å². The fourth-order valence-corrected chi connectivity index (χ4v) is 2.98. The van der Waals surface area contributed by atoms with E-state index in [-0.39, 0.29) is 11.7 Å². The summed E-state index contributed by atoms with van der Waals surface area (Å²) in [5, 5.41) is 10.5. The van der Waals surface area contributed by atoms with Crippen LogP contribution in [0.4, 0.5) is 4.39 Å². The van der Waals surface area contributed by atoms with Crippen molar-refractivity contribution < 1.29 is 14.2 Å². The number of methoxy groups -OCH3 is 1. The van der Waals surface area contributed by atoms with Crippen LogP contribution in [0.5, 0.6) is 5.75 Å². The van der Waals surface area contributed by atoms with Crippen LogP contribution in [0.3, 0.4) is 0 Å². The Bertz CT molecular complexity index is 599. The summed E-state index contributed by atoms with van der Waals surface area (Å²) in [4.78, 5) is 0. The molecule has 20 heavy (non-hydrogen) atoms. The summed E-state index contributed by atoms with van der Waals surface area (Å²) in [5.41, 5.74) is 2.82. The molecule has 0 saturated carbocycles. The van der Waals surface area contributed by atoms with Gasteiger partial charge in [0.05, 0.1) is 13.2 Å². The summed E-state index contributed by atoms with van der Waals surface area (Å²) in [5.74, 6) is -0.260. The second-order valence-corrected chi connectivity index (χ2v) is 5.25. The Hall–Kier alpha value is -1.87. The van der Waals surface area contributed by atoms with E-state index >= 15 is 0 Å². The molecule has 3 rings (SSSR count). The minimum absolute atomic E-state index is 0.0222. The second-order valence-electron chi connectivity index (χ2n) is 5.25. The first-order valence-corrected chi connectivity index (χ1v) is 6.78. The topological polar surface area (TPSA) is 29.5 Å². The fraction of sp³-hybridized carbons (Fsp3) is 0.294. The highest BCUT2D eigenvalue weighted by Crippen LogP contribution is 2.37. The first-order valence-electron chi connectivity index (χ1n) is 6.78. The average molecular weight is 272 g/mol. The Labute approximate surface area is 117 Å². The van der Waals surface area contributed by atoms with Crippen molar-refractivity contribution in [3.05, 3.63) is 65.0 Å². The number of hydrogen-bond acceptors (Lipinski definition) is 2. The van der Waals surface area contributed by atoms with Gasteiger partial charge in [-0.2, -0.15) is 0 Å². The highest BCUT2D eigenvalue weighted by Gasteiger charge is 2.30. The summed E-state index contributed by atoms with van der Waals surface area (Å²) in [6.07, 6.45) is 0.764. The van der Waals surface area contributed by atoms with Crippen LogP contribution in [0.2, 0.25) is 0 Å². The Balaban J connectivity index is 1.86. The number of hydrogen-bond donors (Lipinski definition) is 1. The summed E-state index contributed by atoms with van der Waals surface area (Å²) < 4.78 is 19.2. The highest BCUT2D eigenvalue weighted by molar-refractivity contribution is 5.36. The minimum atomic E-state index is -0.808. The molecule has 1 aliphatic carbocycles. The maximum absolute atomic E-state index is 14.2. The zero-order valence-corrected chi connectivity index (χ0v) is 11.3. The Morgan fingerprint density at radius 1 is 1.10 bits per heavy atom. The molecule has 2 nitrogen and oxygen atoms in total. The molecule has 0 amide bonds. The predicted molar refractivity (Wildman–Crippen MR) is 75.3 cm³/mol. The standard InChI is InChI=1S/C17H17FO2/c1-20-15-8-4-7-14(16(15)18)17(19)13-9-11-5-2-3-6-12(11)10-13/h2-8,13,17,19H,9-10H2,1H3. The molecular weight excluding hydrogens is 255 g/mol. The molecule has 0 bridgehead atoms. The molecule has 2 aromatic rings.